The molecule has 0 aromatic rings. The topological polar surface area (TPSA) is 91.3 Å². The molecule has 314 valence electrons. The number of phosphoric acid groups is 1. The number of hydrogen-bond donors (Lipinski definition) is 1. The summed E-state index contributed by atoms with van der Waals surface area (Å²) in [6.45, 7) is 5.25. The van der Waals surface area contributed by atoms with Gasteiger partial charge < -0.3 is 18.9 Å². The monoisotopic (exact) mass is 789 g/mol. The summed E-state index contributed by atoms with van der Waals surface area (Å²) < 4.78 is 34.9. The number of hydrogen-bond acceptors (Lipinski definition) is 6. The average Bonchev–Trinajstić information content (AvgIpc) is 3.13. The van der Waals surface area contributed by atoms with Gasteiger partial charge in [0.2, 0.25) is 0 Å². The van der Waals surface area contributed by atoms with Crippen molar-refractivity contribution in [1.82, 2.24) is 0 Å². The summed E-state index contributed by atoms with van der Waals surface area (Å²) in [5.74, 6) is -0.366. The Kier molecular flexibility index (Phi) is 36.5. The summed E-state index contributed by atoms with van der Waals surface area (Å²) in [4.78, 5) is 22.8. The third-order valence-corrected chi connectivity index (χ3v) is 9.13. The molecule has 2 atom stereocenters. The lowest BCUT2D eigenvalue weighted by molar-refractivity contribution is -0.870. The normalized spacial score (nSPS) is 14.8. The first-order chi connectivity index (χ1) is 26.6. The lowest BCUT2D eigenvalue weighted by Gasteiger charge is -2.24. The summed E-state index contributed by atoms with van der Waals surface area (Å²) in [5, 5.41) is 0. The zero-order valence-corrected chi connectivity index (χ0v) is 36.3. The lowest BCUT2D eigenvalue weighted by Crippen LogP contribution is -2.37. The van der Waals surface area contributed by atoms with Crippen LogP contribution in [0.4, 0.5) is 0 Å². The van der Waals surface area contributed by atoms with Crippen LogP contribution in [0, 0.1) is 0 Å². The summed E-state index contributed by atoms with van der Waals surface area (Å²) in [6.07, 6.45) is 51.6. The highest BCUT2D eigenvalue weighted by Gasteiger charge is 2.26. The maximum Gasteiger partial charge on any atom is 0.472 e. The van der Waals surface area contributed by atoms with Gasteiger partial charge in [0.1, 0.15) is 19.3 Å². The largest absolute Gasteiger partial charge is 0.472 e. The molecule has 0 saturated heterocycles. The van der Waals surface area contributed by atoms with E-state index in [1.54, 1.807) is 0 Å². The van der Waals surface area contributed by atoms with Crippen LogP contribution < -0.4 is 0 Å². The van der Waals surface area contributed by atoms with Gasteiger partial charge in [-0.15, -0.1) is 0 Å². The van der Waals surface area contributed by atoms with Crippen LogP contribution in [0.25, 0.3) is 0 Å². The molecule has 0 fully saturated rings. The van der Waals surface area contributed by atoms with Crippen molar-refractivity contribution in [2.45, 2.75) is 136 Å². The first-order valence-corrected chi connectivity index (χ1v) is 22.5. The van der Waals surface area contributed by atoms with Crippen LogP contribution in [0.2, 0.25) is 0 Å². The molecule has 8 nitrogen and oxygen atoms in total. The molecule has 0 aromatic heterocycles. The number of carbonyl (C=O) groups excluding carboxylic acids is 1. The fraction of sp³-hybridized carbons (Fsp3) is 0.630. The molecule has 0 amide bonds. The molecule has 2 unspecified atom stereocenters. The van der Waals surface area contributed by atoms with E-state index in [-0.39, 0.29) is 32.2 Å². The van der Waals surface area contributed by atoms with Crippen LogP contribution in [0.15, 0.2) is 97.2 Å². The van der Waals surface area contributed by atoms with E-state index in [1.165, 1.54) is 12.8 Å². The molecule has 0 spiro atoms. The molecule has 0 aliphatic heterocycles. The second kappa shape index (κ2) is 38.3. The van der Waals surface area contributed by atoms with E-state index in [9.17, 15) is 14.3 Å². The predicted molar refractivity (Wildman–Crippen MR) is 233 cm³/mol. The Bertz CT molecular complexity index is 1190. The fourth-order valence-corrected chi connectivity index (χ4v) is 5.69. The van der Waals surface area contributed by atoms with Crippen molar-refractivity contribution in [3.05, 3.63) is 97.2 Å². The van der Waals surface area contributed by atoms with E-state index in [2.05, 4.69) is 111 Å². The van der Waals surface area contributed by atoms with Crippen LogP contribution >= 0.6 is 7.82 Å². The molecule has 0 aliphatic carbocycles. The second-order valence-corrected chi connectivity index (χ2v) is 16.1. The average molecular weight is 789 g/mol. The minimum atomic E-state index is -4.30. The Morgan fingerprint density at radius 3 is 1.49 bits per heavy atom. The molecule has 0 heterocycles. The van der Waals surface area contributed by atoms with Crippen molar-refractivity contribution in [3.8, 4) is 0 Å². The Morgan fingerprint density at radius 2 is 1.00 bits per heavy atom. The van der Waals surface area contributed by atoms with E-state index in [0.29, 0.717) is 24.1 Å². The van der Waals surface area contributed by atoms with Crippen molar-refractivity contribution in [2.75, 3.05) is 54.1 Å². The van der Waals surface area contributed by atoms with Crippen molar-refractivity contribution in [1.29, 1.82) is 0 Å². The molecule has 0 aliphatic rings. The van der Waals surface area contributed by atoms with Crippen molar-refractivity contribution in [2.24, 2.45) is 0 Å². The van der Waals surface area contributed by atoms with Gasteiger partial charge in [0.05, 0.1) is 34.4 Å². The zero-order chi connectivity index (χ0) is 40.6. The Balaban J connectivity index is 4.39. The van der Waals surface area contributed by atoms with Gasteiger partial charge in [-0.1, -0.05) is 130 Å². The maximum absolute atomic E-state index is 12.7. The molecule has 1 N–H and O–H groups in total. The predicted octanol–water partition coefficient (Wildman–Crippen LogP) is 12.3. The summed E-state index contributed by atoms with van der Waals surface area (Å²) in [6, 6.07) is 0. The van der Waals surface area contributed by atoms with Crippen LogP contribution in [0.3, 0.4) is 0 Å². The van der Waals surface area contributed by atoms with Crippen molar-refractivity contribution < 1.29 is 37.3 Å². The number of rotatable bonds is 37. The van der Waals surface area contributed by atoms with Gasteiger partial charge in [0.15, 0.2) is 0 Å². The van der Waals surface area contributed by atoms with Gasteiger partial charge in [-0.3, -0.25) is 13.8 Å². The van der Waals surface area contributed by atoms with Crippen LogP contribution in [-0.4, -0.2) is 75.6 Å². The molecule has 55 heavy (non-hydrogen) atoms. The molecular formula is C46H79NO7P+. The Morgan fingerprint density at radius 1 is 0.564 bits per heavy atom. The number of nitrogens with zero attached hydrogens (tertiary/aromatic N) is 1. The van der Waals surface area contributed by atoms with E-state index < -0.39 is 13.9 Å². The number of phosphoric ester groups is 1. The summed E-state index contributed by atoms with van der Waals surface area (Å²) in [7, 11) is 1.61. The highest BCUT2D eigenvalue weighted by atomic mass is 31.2. The SMILES string of the molecule is CC/C=C\C/C=C\C/C=C\C/C=C\CCCCCCCOCC(COP(=O)(O)OCC[N+](C)(C)C)OC(=O)CCCC/C=C\C/C=C\C/C=C\C/C=C\CC. The van der Waals surface area contributed by atoms with Crippen LogP contribution in [0.5, 0.6) is 0 Å². The quantitative estimate of drug-likeness (QED) is 0.0220. The van der Waals surface area contributed by atoms with Gasteiger partial charge >= 0.3 is 13.8 Å². The minimum absolute atomic E-state index is 0.0704. The Hall–Kier alpha value is -2.58. The molecule has 9 heteroatoms. The molecule has 0 rings (SSSR count). The third kappa shape index (κ3) is 42.4. The third-order valence-electron chi connectivity index (χ3n) is 8.14. The number of unbranched alkanes of at least 4 members (excludes halogenated alkanes) is 7. The van der Waals surface area contributed by atoms with E-state index >= 15 is 0 Å². The van der Waals surface area contributed by atoms with E-state index in [1.807, 2.05) is 21.1 Å². The van der Waals surface area contributed by atoms with Gasteiger partial charge in [0.25, 0.3) is 0 Å². The minimum Gasteiger partial charge on any atom is -0.457 e. The molecule has 0 aromatic carbocycles. The van der Waals surface area contributed by atoms with Gasteiger partial charge in [0, 0.05) is 13.0 Å². The van der Waals surface area contributed by atoms with Crippen molar-refractivity contribution in [3.63, 3.8) is 0 Å². The molecule has 0 saturated carbocycles. The first kappa shape index (κ1) is 52.4. The van der Waals surface area contributed by atoms with E-state index in [4.69, 9.17) is 18.5 Å². The van der Waals surface area contributed by atoms with Gasteiger partial charge in [-0.25, -0.2) is 4.57 Å². The number of carbonyl (C=O) groups is 1. The number of likely N-dealkylation sites (N-methyl/N-ethyl adjacent to an activating group) is 1. The summed E-state index contributed by atoms with van der Waals surface area (Å²) in [5.41, 5.74) is 0. The smallest absolute Gasteiger partial charge is 0.457 e. The standard InChI is InChI=1S/C46H78NO7P/c1-6-8-10-12-14-16-18-20-22-23-24-26-28-30-32-34-36-38-41-51-43-45(44-53-55(49,50)52-42-40-47(3,4)5)54-46(48)39-37-35-33-31-29-27-25-21-19-17-15-13-11-9-7-2/h8-11,14-17,20-22,24-26,29,31,45H,6-7,12-13,18-19,23,27-28,30,32-44H2,1-5H3/p+1/b10-8-,11-9-,16-14-,17-15-,22-20-,25-21-,26-24-,31-29-. The summed E-state index contributed by atoms with van der Waals surface area (Å²) >= 11 is 0. The van der Waals surface area contributed by atoms with E-state index in [0.717, 1.165) is 89.9 Å². The van der Waals surface area contributed by atoms with Gasteiger partial charge in [-0.2, -0.15) is 0 Å². The molecule has 0 radical (unpaired) electrons. The second-order valence-electron chi connectivity index (χ2n) is 14.6. The number of quaternary nitrogens is 1. The molecular weight excluding hydrogens is 709 g/mol. The number of esters is 1. The highest BCUT2D eigenvalue weighted by molar-refractivity contribution is 7.47. The Labute approximate surface area is 337 Å². The maximum atomic E-state index is 12.7. The van der Waals surface area contributed by atoms with Gasteiger partial charge in [-0.05, 0) is 89.9 Å². The zero-order valence-electron chi connectivity index (χ0n) is 35.4. The number of allylic oxidation sites excluding steroid dienone is 16. The highest BCUT2D eigenvalue weighted by Crippen LogP contribution is 2.43. The lowest BCUT2D eigenvalue weighted by atomic mass is 10.1. The fourth-order valence-electron chi connectivity index (χ4n) is 4.94. The van der Waals surface area contributed by atoms with Crippen LogP contribution in [0.1, 0.15) is 129 Å². The molecule has 0 bridgehead atoms. The van der Waals surface area contributed by atoms with Crippen molar-refractivity contribution >= 4 is 13.8 Å². The first-order valence-electron chi connectivity index (χ1n) is 21.0. The number of ether oxygens (including phenoxy) is 2. The van der Waals surface area contributed by atoms with Crippen LogP contribution in [-0.2, 0) is 27.9 Å².